The SMILES string of the molecule is Nc1nc2c(ncn2CCOCP(OCCSC(=O)c2ccccc2)OCc2cccc(F)c2)c(=O)[nH]1. The zero-order valence-corrected chi connectivity index (χ0v) is 21.4. The van der Waals surface area contributed by atoms with Crippen molar-refractivity contribution in [1.29, 1.82) is 0 Å². The van der Waals surface area contributed by atoms with E-state index in [1.807, 2.05) is 18.2 Å². The van der Waals surface area contributed by atoms with Crippen molar-refractivity contribution in [2.24, 2.45) is 0 Å². The lowest BCUT2D eigenvalue weighted by Crippen LogP contribution is -2.13. The summed E-state index contributed by atoms with van der Waals surface area (Å²) < 4.78 is 32.7. The Hall–Kier alpha value is -3.15. The number of halogens is 1. The predicted molar refractivity (Wildman–Crippen MR) is 141 cm³/mol. The molecule has 2 aromatic carbocycles. The molecule has 37 heavy (non-hydrogen) atoms. The molecule has 1 atom stereocenters. The summed E-state index contributed by atoms with van der Waals surface area (Å²) in [5.41, 5.74) is 7.08. The number of rotatable bonds is 13. The molecule has 0 aliphatic rings. The number of nitrogen functional groups attached to an aromatic ring is 1. The number of benzene rings is 2. The van der Waals surface area contributed by atoms with Gasteiger partial charge < -0.3 is 24.1 Å². The van der Waals surface area contributed by atoms with E-state index in [4.69, 9.17) is 19.5 Å². The third-order valence-electron chi connectivity index (χ3n) is 4.99. The molecule has 0 radical (unpaired) electrons. The highest BCUT2D eigenvalue weighted by Crippen LogP contribution is 2.39. The highest BCUT2D eigenvalue weighted by atomic mass is 32.2. The first-order chi connectivity index (χ1) is 18.0. The number of carbonyl (C=O) groups excluding carboxylic acids is 1. The fraction of sp³-hybridized carbons (Fsp3) is 0.250. The molecule has 0 fully saturated rings. The number of imidazole rings is 1. The molecule has 1 unspecified atom stereocenters. The third-order valence-corrected chi connectivity index (χ3v) is 7.14. The van der Waals surface area contributed by atoms with Gasteiger partial charge in [-0.25, -0.2) is 9.37 Å². The summed E-state index contributed by atoms with van der Waals surface area (Å²) in [5.74, 6) is 0.101. The van der Waals surface area contributed by atoms with E-state index in [2.05, 4.69) is 15.0 Å². The van der Waals surface area contributed by atoms with Gasteiger partial charge >= 0.3 is 0 Å². The Morgan fingerprint density at radius 3 is 2.78 bits per heavy atom. The molecular formula is C24H25FN5O5PS. The van der Waals surface area contributed by atoms with Crippen LogP contribution < -0.4 is 11.3 Å². The number of aromatic amines is 1. The molecule has 3 N–H and O–H groups in total. The minimum absolute atomic E-state index is 0.00598. The average Bonchev–Trinajstić information content (AvgIpc) is 3.30. The average molecular weight is 546 g/mol. The first-order valence-corrected chi connectivity index (χ1v) is 13.6. The number of ether oxygens (including phenoxy) is 1. The molecule has 2 heterocycles. The molecule has 4 aromatic rings. The molecule has 4 rings (SSSR count). The Morgan fingerprint density at radius 2 is 1.97 bits per heavy atom. The number of H-pyrrole nitrogens is 1. The van der Waals surface area contributed by atoms with E-state index in [1.54, 1.807) is 28.8 Å². The fourth-order valence-electron chi connectivity index (χ4n) is 3.25. The molecule has 0 aliphatic carbocycles. The Labute approximate surface area is 217 Å². The van der Waals surface area contributed by atoms with Crippen molar-refractivity contribution in [3.63, 3.8) is 0 Å². The first-order valence-electron chi connectivity index (χ1n) is 11.3. The van der Waals surface area contributed by atoms with Crippen molar-refractivity contribution in [2.45, 2.75) is 13.2 Å². The van der Waals surface area contributed by atoms with Crippen molar-refractivity contribution < 1.29 is 23.0 Å². The van der Waals surface area contributed by atoms with Crippen LogP contribution >= 0.6 is 20.1 Å². The van der Waals surface area contributed by atoms with Crippen LogP contribution in [0.1, 0.15) is 15.9 Å². The summed E-state index contributed by atoms with van der Waals surface area (Å²) in [6, 6.07) is 15.2. The predicted octanol–water partition coefficient (Wildman–Crippen LogP) is 3.93. The summed E-state index contributed by atoms with van der Waals surface area (Å²) in [4.78, 5) is 34.8. The summed E-state index contributed by atoms with van der Waals surface area (Å²) >= 11 is 1.16. The lowest BCUT2D eigenvalue weighted by molar-refractivity contribution is 0.108. The number of carbonyl (C=O) groups is 1. The number of anilines is 1. The Bertz CT molecular complexity index is 1390. The molecule has 0 aliphatic heterocycles. The summed E-state index contributed by atoms with van der Waals surface area (Å²) in [6.45, 7) is 1.08. The second kappa shape index (κ2) is 13.4. The van der Waals surface area contributed by atoms with Gasteiger partial charge in [0.2, 0.25) is 11.1 Å². The minimum Gasteiger partial charge on any atom is -0.370 e. The van der Waals surface area contributed by atoms with Gasteiger partial charge in [0, 0.05) is 17.9 Å². The number of hydrogen-bond donors (Lipinski definition) is 2. The van der Waals surface area contributed by atoms with Crippen LogP contribution in [0.5, 0.6) is 0 Å². The summed E-state index contributed by atoms with van der Waals surface area (Å²) in [5, 5.41) is -0.0360. The van der Waals surface area contributed by atoms with Crippen LogP contribution in [-0.4, -0.2) is 49.9 Å². The van der Waals surface area contributed by atoms with E-state index in [0.717, 1.165) is 11.8 Å². The van der Waals surface area contributed by atoms with E-state index in [0.29, 0.717) is 29.1 Å². The zero-order chi connectivity index (χ0) is 26.0. The molecule has 2 aromatic heterocycles. The van der Waals surface area contributed by atoms with Crippen molar-refractivity contribution >= 4 is 42.4 Å². The van der Waals surface area contributed by atoms with E-state index >= 15 is 0 Å². The largest absolute Gasteiger partial charge is 0.370 e. The fourth-order valence-corrected chi connectivity index (χ4v) is 5.12. The highest BCUT2D eigenvalue weighted by molar-refractivity contribution is 8.14. The normalized spacial score (nSPS) is 12.1. The molecule has 0 saturated carbocycles. The van der Waals surface area contributed by atoms with Gasteiger partial charge in [0.25, 0.3) is 5.56 Å². The maximum Gasteiger partial charge on any atom is 0.280 e. The van der Waals surface area contributed by atoms with Gasteiger partial charge in [-0.1, -0.05) is 54.2 Å². The number of nitrogens with one attached hydrogen (secondary N) is 1. The number of nitrogens with two attached hydrogens (primary N) is 1. The van der Waals surface area contributed by atoms with Crippen LogP contribution in [0.3, 0.4) is 0 Å². The maximum absolute atomic E-state index is 13.5. The number of fused-ring (bicyclic) bond motifs is 1. The molecule has 0 amide bonds. The van der Waals surface area contributed by atoms with Crippen molar-refractivity contribution in [3.8, 4) is 0 Å². The van der Waals surface area contributed by atoms with Crippen LogP contribution in [0.15, 0.2) is 65.7 Å². The molecule has 13 heteroatoms. The Balaban J connectivity index is 1.28. The highest BCUT2D eigenvalue weighted by Gasteiger charge is 2.14. The standard InChI is InChI=1S/C24H25FN5O5PS/c25-19-8-4-5-17(13-19)14-35-36(34-11-12-37-23(32)18-6-2-1-3-7-18)16-33-10-9-30-15-27-20-21(30)28-24(26)29-22(20)31/h1-8,13,15H,9-12,14,16H2,(H3,26,28,29,31). The molecule has 194 valence electrons. The van der Waals surface area contributed by atoms with Crippen molar-refractivity contribution in [1.82, 2.24) is 19.5 Å². The lowest BCUT2D eigenvalue weighted by atomic mass is 10.2. The maximum atomic E-state index is 13.5. The third kappa shape index (κ3) is 7.91. The second-order valence-corrected chi connectivity index (χ2v) is 10.2. The number of thioether (sulfide) groups is 1. The van der Waals surface area contributed by atoms with E-state index < -0.39 is 13.9 Å². The molecule has 0 bridgehead atoms. The van der Waals surface area contributed by atoms with Gasteiger partial charge in [-0.2, -0.15) is 4.98 Å². The van der Waals surface area contributed by atoms with Crippen LogP contribution in [0.4, 0.5) is 10.3 Å². The smallest absolute Gasteiger partial charge is 0.280 e. The van der Waals surface area contributed by atoms with Gasteiger partial charge in [-0.15, -0.1) is 0 Å². The Kier molecular flexibility index (Phi) is 9.75. The molecular weight excluding hydrogens is 520 g/mol. The van der Waals surface area contributed by atoms with Gasteiger partial charge in [-0.3, -0.25) is 14.6 Å². The number of nitrogens with zero attached hydrogens (tertiary/aromatic N) is 3. The van der Waals surface area contributed by atoms with Crippen LogP contribution in [-0.2, 0) is 26.9 Å². The van der Waals surface area contributed by atoms with Gasteiger partial charge in [0.1, 0.15) is 12.2 Å². The molecule has 0 saturated heterocycles. The monoisotopic (exact) mass is 545 g/mol. The van der Waals surface area contributed by atoms with Gasteiger partial charge in [0.15, 0.2) is 19.5 Å². The van der Waals surface area contributed by atoms with Crippen LogP contribution in [0.2, 0.25) is 0 Å². The topological polar surface area (TPSA) is 134 Å². The van der Waals surface area contributed by atoms with Gasteiger partial charge in [-0.05, 0) is 17.7 Å². The molecule has 10 nitrogen and oxygen atoms in total. The summed E-state index contributed by atoms with van der Waals surface area (Å²) in [6.07, 6.45) is 1.65. The second-order valence-electron chi connectivity index (χ2n) is 7.67. The first kappa shape index (κ1) is 26.9. The minimum atomic E-state index is -1.48. The van der Waals surface area contributed by atoms with E-state index in [-0.39, 0.29) is 48.6 Å². The van der Waals surface area contributed by atoms with Crippen LogP contribution in [0.25, 0.3) is 11.2 Å². The molecule has 0 spiro atoms. The Morgan fingerprint density at radius 1 is 1.14 bits per heavy atom. The quantitative estimate of drug-likeness (QED) is 0.189. The van der Waals surface area contributed by atoms with E-state index in [1.165, 1.54) is 18.5 Å². The van der Waals surface area contributed by atoms with Gasteiger partial charge in [0.05, 0.1) is 26.1 Å². The van der Waals surface area contributed by atoms with Crippen molar-refractivity contribution in [2.75, 3.05) is 31.0 Å². The lowest BCUT2D eigenvalue weighted by Gasteiger charge is -2.18. The van der Waals surface area contributed by atoms with Crippen LogP contribution in [0, 0.1) is 5.82 Å². The summed E-state index contributed by atoms with van der Waals surface area (Å²) in [7, 11) is -1.48. The number of aromatic nitrogens is 4. The zero-order valence-electron chi connectivity index (χ0n) is 19.7. The van der Waals surface area contributed by atoms with Crippen molar-refractivity contribution in [3.05, 3.63) is 88.2 Å². The van der Waals surface area contributed by atoms with E-state index in [9.17, 15) is 14.0 Å². The number of hydrogen-bond acceptors (Lipinski definition) is 9.